The molecule has 0 unspecified atom stereocenters. The van der Waals surface area contributed by atoms with E-state index in [0.717, 1.165) is 25.9 Å². The number of halogens is 1. The second-order valence-corrected chi connectivity index (χ2v) is 7.33. The fourth-order valence-electron chi connectivity index (χ4n) is 3.01. The molecule has 1 saturated heterocycles. The highest BCUT2D eigenvalue weighted by Crippen LogP contribution is 2.28. The van der Waals surface area contributed by atoms with Gasteiger partial charge in [0.25, 0.3) is 0 Å². The van der Waals surface area contributed by atoms with Crippen LogP contribution in [0.15, 0.2) is 36.5 Å². The number of nitrogens with one attached hydrogen (secondary N) is 3. The number of nitriles is 1. The van der Waals surface area contributed by atoms with Gasteiger partial charge in [0, 0.05) is 30.9 Å². The van der Waals surface area contributed by atoms with E-state index >= 15 is 0 Å². The number of amides is 4. The molecule has 2 heterocycles. The van der Waals surface area contributed by atoms with Crippen LogP contribution in [-0.4, -0.2) is 48.2 Å². The van der Waals surface area contributed by atoms with Crippen molar-refractivity contribution >= 4 is 35.2 Å². The van der Waals surface area contributed by atoms with Crippen molar-refractivity contribution < 1.29 is 14.3 Å². The van der Waals surface area contributed by atoms with E-state index in [1.54, 1.807) is 24.3 Å². The Kier molecular flexibility index (Phi) is 7.90. The fraction of sp³-hybridized carbons (Fsp3) is 0.333. The van der Waals surface area contributed by atoms with Crippen LogP contribution >= 0.6 is 11.6 Å². The number of carbonyl (C=O) groups is 2. The van der Waals surface area contributed by atoms with Crippen LogP contribution in [0, 0.1) is 11.3 Å². The third-order valence-electron chi connectivity index (χ3n) is 4.57. The summed E-state index contributed by atoms with van der Waals surface area (Å²) in [6, 6.07) is 9.39. The van der Waals surface area contributed by atoms with Crippen molar-refractivity contribution in [3.63, 3.8) is 0 Å². The fourth-order valence-corrected chi connectivity index (χ4v) is 3.18. The first-order valence-electron chi connectivity index (χ1n) is 9.94. The molecule has 1 aliphatic rings. The second kappa shape index (κ2) is 11.0. The van der Waals surface area contributed by atoms with Crippen LogP contribution in [-0.2, 0) is 0 Å². The van der Waals surface area contributed by atoms with Crippen molar-refractivity contribution in [2.75, 3.05) is 36.9 Å². The zero-order chi connectivity index (χ0) is 22.1. The first-order valence-corrected chi connectivity index (χ1v) is 10.3. The number of nitrogens with zero attached hydrogens (tertiary/aromatic N) is 3. The molecular formula is C21H23ClN6O3. The minimum Gasteiger partial charge on any atom is -0.491 e. The number of benzene rings is 1. The standard InChI is InChI=1S/C21H23ClN6O3/c22-16-5-6-18(31-11-3-8-24-21(30)28-9-1-2-10-28)17(12-16)26-20(29)27-19-7-4-15(13-23)14-25-19/h4-7,12,14H,1-3,8-11H2,(H,24,30)(H2,25,26,27,29). The van der Waals surface area contributed by atoms with Crippen molar-refractivity contribution in [2.45, 2.75) is 19.3 Å². The summed E-state index contributed by atoms with van der Waals surface area (Å²) in [6.45, 7) is 2.47. The maximum absolute atomic E-state index is 12.3. The third-order valence-corrected chi connectivity index (χ3v) is 4.81. The zero-order valence-electron chi connectivity index (χ0n) is 16.9. The Morgan fingerprint density at radius 2 is 2.00 bits per heavy atom. The summed E-state index contributed by atoms with van der Waals surface area (Å²) >= 11 is 6.05. The molecule has 0 spiro atoms. The average Bonchev–Trinajstić information content (AvgIpc) is 3.30. The lowest BCUT2D eigenvalue weighted by atomic mass is 10.3. The van der Waals surface area contributed by atoms with Crippen molar-refractivity contribution in [2.24, 2.45) is 0 Å². The summed E-state index contributed by atoms with van der Waals surface area (Å²) in [6.07, 6.45) is 4.09. The van der Waals surface area contributed by atoms with E-state index in [2.05, 4.69) is 20.9 Å². The van der Waals surface area contributed by atoms with Gasteiger partial charge in [0.1, 0.15) is 17.6 Å². The summed E-state index contributed by atoms with van der Waals surface area (Å²) in [7, 11) is 0. The molecule has 3 N–H and O–H groups in total. The molecule has 1 aromatic heterocycles. The van der Waals surface area contributed by atoms with E-state index in [4.69, 9.17) is 21.6 Å². The Hall–Kier alpha value is -3.51. The number of ether oxygens (including phenoxy) is 1. The van der Waals surface area contributed by atoms with Crippen molar-refractivity contribution in [3.05, 3.63) is 47.1 Å². The van der Waals surface area contributed by atoms with Crippen molar-refractivity contribution in [1.82, 2.24) is 15.2 Å². The van der Waals surface area contributed by atoms with E-state index in [9.17, 15) is 9.59 Å². The smallest absolute Gasteiger partial charge is 0.324 e. The first-order chi connectivity index (χ1) is 15.0. The maximum atomic E-state index is 12.3. The Balaban J connectivity index is 1.48. The van der Waals surface area contributed by atoms with Gasteiger partial charge in [-0.25, -0.2) is 14.6 Å². The maximum Gasteiger partial charge on any atom is 0.324 e. The highest BCUT2D eigenvalue weighted by Gasteiger charge is 2.17. The lowest BCUT2D eigenvalue weighted by Gasteiger charge is -2.16. The number of hydrogen-bond acceptors (Lipinski definition) is 5. The molecule has 0 bridgehead atoms. The molecule has 1 aromatic carbocycles. The summed E-state index contributed by atoms with van der Waals surface area (Å²) in [4.78, 5) is 30.1. The van der Waals surface area contributed by atoms with Gasteiger partial charge in [-0.05, 0) is 49.6 Å². The topological polar surface area (TPSA) is 119 Å². The van der Waals surface area contributed by atoms with Gasteiger partial charge in [-0.15, -0.1) is 0 Å². The molecule has 0 saturated carbocycles. The number of hydrogen-bond donors (Lipinski definition) is 3. The van der Waals surface area contributed by atoms with Crippen LogP contribution in [0.5, 0.6) is 5.75 Å². The minimum absolute atomic E-state index is 0.0422. The molecule has 31 heavy (non-hydrogen) atoms. The van der Waals surface area contributed by atoms with Gasteiger partial charge in [0.15, 0.2) is 0 Å². The van der Waals surface area contributed by atoms with Crippen molar-refractivity contribution in [3.8, 4) is 11.8 Å². The van der Waals surface area contributed by atoms with Crippen LogP contribution in [0.4, 0.5) is 21.1 Å². The van der Waals surface area contributed by atoms with Gasteiger partial charge < -0.3 is 20.3 Å². The largest absolute Gasteiger partial charge is 0.491 e. The summed E-state index contributed by atoms with van der Waals surface area (Å²) in [5.41, 5.74) is 0.799. The van der Waals surface area contributed by atoms with Crippen LogP contribution < -0.4 is 20.7 Å². The van der Waals surface area contributed by atoms with E-state index < -0.39 is 6.03 Å². The molecular weight excluding hydrogens is 420 g/mol. The molecule has 3 rings (SSSR count). The lowest BCUT2D eigenvalue weighted by molar-refractivity contribution is 0.207. The molecule has 10 heteroatoms. The summed E-state index contributed by atoms with van der Waals surface area (Å²) in [5.74, 6) is 0.757. The molecule has 0 atom stereocenters. The number of aromatic nitrogens is 1. The molecule has 1 aliphatic heterocycles. The lowest BCUT2D eigenvalue weighted by Crippen LogP contribution is -2.38. The highest BCUT2D eigenvalue weighted by molar-refractivity contribution is 6.31. The summed E-state index contributed by atoms with van der Waals surface area (Å²) in [5, 5.41) is 17.4. The van der Waals surface area contributed by atoms with Crippen LogP contribution in [0.3, 0.4) is 0 Å². The molecule has 0 radical (unpaired) electrons. The number of rotatable bonds is 7. The quantitative estimate of drug-likeness (QED) is 0.563. The van der Waals surface area contributed by atoms with Gasteiger partial charge in [-0.1, -0.05) is 11.6 Å². The third kappa shape index (κ3) is 6.76. The van der Waals surface area contributed by atoms with Crippen LogP contribution in [0.1, 0.15) is 24.8 Å². The van der Waals surface area contributed by atoms with Crippen LogP contribution in [0.25, 0.3) is 0 Å². The number of carbonyl (C=O) groups excluding carboxylic acids is 2. The predicted octanol–water partition coefficient (Wildman–Crippen LogP) is 3.82. The normalized spacial score (nSPS) is 12.7. The van der Waals surface area contributed by atoms with E-state index in [0.29, 0.717) is 47.4 Å². The zero-order valence-corrected chi connectivity index (χ0v) is 17.6. The summed E-state index contributed by atoms with van der Waals surface area (Å²) < 4.78 is 5.76. The van der Waals surface area contributed by atoms with E-state index in [-0.39, 0.29) is 6.03 Å². The Morgan fingerprint density at radius 1 is 1.19 bits per heavy atom. The van der Waals surface area contributed by atoms with Gasteiger partial charge in [-0.2, -0.15) is 5.26 Å². The molecule has 2 aromatic rings. The average molecular weight is 443 g/mol. The number of urea groups is 2. The molecule has 0 aliphatic carbocycles. The number of anilines is 2. The SMILES string of the molecule is N#Cc1ccc(NC(=O)Nc2cc(Cl)ccc2OCCCNC(=O)N2CCCC2)nc1. The van der Waals surface area contributed by atoms with Crippen molar-refractivity contribution in [1.29, 1.82) is 5.26 Å². The van der Waals surface area contributed by atoms with Gasteiger partial charge in [0.2, 0.25) is 0 Å². The monoisotopic (exact) mass is 442 g/mol. The highest BCUT2D eigenvalue weighted by atomic mass is 35.5. The van der Waals surface area contributed by atoms with Gasteiger partial charge >= 0.3 is 12.1 Å². The molecule has 162 valence electrons. The Morgan fingerprint density at radius 3 is 2.71 bits per heavy atom. The number of pyridine rings is 1. The first kappa shape index (κ1) is 22.2. The van der Waals surface area contributed by atoms with Gasteiger partial charge in [-0.3, -0.25) is 5.32 Å². The second-order valence-electron chi connectivity index (χ2n) is 6.89. The Bertz CT molecular complexity index is 955. The molecule has 4 amide bonds. The molecule has 1 fully saturated rings. The van der Waals surface area contributed by atoms with Gasteiger partial charge in [0.05, 0.1) is 17.9 Å². The number of likely N-dealkylation sites (tertiary alicyclic amines) is 1. The predicted molar refractivity (Wildman–Crippen MR) is 117 cm³/mol. The Labute approximate surface area is 185 Å². The van der Waals surface area contributed by atoms with E-state index in [1.807, 2.05) is 11.0 Å². The van der Waals surface area contributed by atoms with E-state index in [1.165, 1.54) is 12.3 Å². The van der Waals surface area contributed by atoms with Crippen LogP contribution in [0.2, 0.25) is 5.02 Å². The molecule has 9 nitrogen and oxygen atoms in total. The minimum atomic E-state index is -0.526.